The first kappa shape index (κ1) is 27.6. The van der Waals surface area contributed by atoms with Crippen LogP contribution in [-0.2, 0) is 28.9 Å². The number of anilines is 1. The molecule has 2 aliphatic heterocycles. The Bertz CT molecular complexity index is 1250. The van der Waals surface area contributed by atoms with E-state index in [2.05, 4.69) is 29.0 Å². The Morgan fingerprint density at radius 3 is 2.61 bits per heavy atom. The minimum absolute atomic E-state index is 0.185. The molecule has 2 aromatic rings. The molecule has 200 valence electrons. The predicted molar refractivity (Wildman–Crippen MR) is 146 cm³/mol. The fraction of sp³-hybridized carbons (Fsp3) is 0.500. The molecule has 1 aromatic carbocycles. The van der Waals surface area contributed by atoms with E-state index >= 15 is 0 Å². The zero-order valence-electron chi connectivity index (χ0n) is 22.4. The molecule has 0 radical (unpaired) electrons. The number of ether oxygens (including phenoxy) is 1. The number of fused-ring (bicyclic) bond motifs is 1. The molecule has 0 unspecified atom stereocenters. The van der Waals surface area contributed by atoms with Crippen molar-refractivity contribution in [2.45, 2.75) is 63.4 Å². The largest absolute Gasteiger partial charge is 0.444 e. The lowest BCUT2D eigenvalue weighted by molar-refractivity contribution is 0.0220. The van der Waals surface area contributed by atoms with Gasteiger partial charge in [-0.05, 0) is 45.4 Å². The van der Waals surface area contributed by atoms with E-state index in [9.17, 15) is 14.9 Å². The van der Waals surface area contributed by atoms with Crippen LogP contribution in [0.3, 0.4) is 0 Å². The van der Waals surface area contributed by atoms with Crippen LogP contribution in [0.1, 0.15) is 44.0 Å². The molecule has 0 spiro atoms. The van der Waals surface area contributed by atoms with E-state index in [4.69, 9.17) is 14.7 Å². The number of carbonyl (C=O) groups excluding carboxylic acids is 2. The molecule has 0 aliphatic carbocycles. The van der Waals surface area contributed by atoms with Crippen LogP contribution in [0, 0.1) is 11.3 Å². The van der Waals surface area contributed by atoms with Gasteiger partial charge in [0, 0.05) is 31.7 Å². The zero-order chi connectivity index (χ0) is 27.3. The number of benzene rings is 1. The van der Waals surface area contributed by atoms with E-state index in [1.165, 1.54) is 17.3 Å². The molecule has 4 rings (SSSR count). The summed E-state index contributed by atoms with van der Waals surface area (Å²) in [6.45, 7) is 8.29. The fourth-order valence-electron chi connectivity index (χ4n) is 4.88. The van der Waals surface area contributed by atoms with Crippen LogP contribution in [0.5, 0.6) is 0 Å². The maximum atomic E-state index is 12.7. The van der Waals surface area contributed by atoms with Crippen molar-refractivity contribution >= 4 is 29.6 Å². The molecular formula is C28H34N6O3S. The Balaban J connectivity index is 1.61. The second kappa shape index (κ2) is 12.0. The van der Waals surface area contributed by atoms with Gasteiger partial charge in [0.05, 0.1) is 30.8 Å². The lowest BCUT2D eigenvalue weighted by Crippen LogP contribution is -2.53. The third-order valence-electron chi connectivity index (χ3n) is 6.69. The number of piperazine rings is 1. The van der Waals surface area contributed by atoms with Gasteiger partial charge < -0.3 is 14.5 Å². The van der Waals surface area contributed by atoms with E-state index in [0.717, 1.165) is 24.2 Å². The van der Waals surface area contributed by atoms with E-state index in [1.54, 1.807) is 4.90 Å². The third kappa shape index (κ3) is 6.36. The van der Waals surface area contributed by atoms with Crippen LogP contribution in [-0.4, -0.2) is 75.9 Å². The number of nitriles is 1. The molecule has 0 bridgehead atoms. The molecule has 38 heavy (non-hydrogen) atoms. The van der Waals surface area contributed by atoms with E-state index < -0.39 is 5.60 Å². The average molecular weight is 535 g/mol. The number of rotatable bonds is 6. The van der Waals surface area contributed by atoms with Crippen molar-refractivity contribution in [3.63, 3.8) is 0 Å². The highest BCUT2D eigenvalue weighted by molar-refractivity contribution is 7.98. The number of thioether (sulfide) groups is 1. The number of carbonyl (C=O) groups is 1. The van der Waals surface area contributed by atoms with Gasteiger partial charge in [0.25, 0.3) is 0 Å². The Morgan fingerprint density at radius 1 is 1.18 bits per heavy atom. The summed E-state index contributed by atoms with van der Waals surface area (Å²) in [6.07, 6.45) is 3.08. The Morgan fingerprint density at radius 2 is 1.95 bits per heavy atom. The lowest BCUT2D eigenvalue weighted by Gasteiger charge is -2.42. The zero-order valence-corrected chi connectivity index (χ0v) is 23.3. The Labute approximate surface area is 228 Å². The van der Waals surface area contributed by atoms with E-state index in [0.29, 0.717) is 49.3 Å². The smallest absolute Gasteiger partial charge is 0.410 e. The fourth-order valence-corrected chi connectivity index (χ4v) is 5.26. The highest BCUT2D eigenvalue weighted by atomic mass is 32.2. The molecule has 1 fully saturated rings. The van der Waals surface area contributed by atoms with Crippen molar-refractivity contribution in [2.75, 3.05) is 37.3 Å². The van der Waals surface area contributed by atoms with Crippen LogP contribution in [0.25, 0.3) is 0 Å². The molecule has 1 atom stereocenters. The van der Waals surface area contributed by atoms with Gasteiger partial charge >= 0.3 is 6.09 Å². The summed E-state index contributed by atoms with van der Waals surface area (Å²) >= 11 is 1.41. The van der Waals surface area contributed by atoms with E-state index in [1.807, 2.05) is 50.1 Å². The second-order valence-electron chi connectivity index (χ2n) is 10.4. The number of amides is 1. The standard InChI is InChI=1S/C28H34N6O3S/c1-28(2,3)37-27(36)33-15-12-21-22(18-33)30-26(38-4)31-25(21)34-17-16-32(23(10-13-29)24(34)19-35)14-11-20-8-6-5-7-9-20/h5-9,23H,10-12,14-18H2,1-4H3/t23-/m0/s1. The summed E-state index contributed by atoms with van der Waals surface area (Å²) in [5.74, 6) is 2.83. The molecule has 1 saturated heterocycles. The van der Waals surface area contributed by atoms with Gasteiger partial charge in [-0.15, -0.1) is 0 Å². The van der Waals surface area contributed by atoms with Crippen LogP contribution in [0.15, 0.2) is 41.2 Å². The maximum absolute atomic E-state index is 12.7. The summed E-state index contributed by atoms with van der Waals surface area (Å²) in [7, 11) is 0. The average Bonchev–Trinajstić information content (AvgIpc) is 2.90. The van der Waals surface area contributed by atoms with E-state index in [-0.39, 0.29) is 18.6 Å². The van der Waals surface area contributed by atoms with Gasteiger partial charge in [-0.3, -0.25) is 4.90 Å². The highest BCUT2D eigenvalue weighted by Crippen LogP contribution is 2.34. The molecule has 10 heteroatoms. The van der Waals surface area contributed by atoms with Crippen molar-refractivity contribution in [1.29, 1.82) is 5.26 Å². The Kier molecular flexibility index (Phi) is 8.72. The van der Waals surface area contributed by atoms with Crippen LogP contribution in [0.2, 0.25) is 0 Å². The number of hydrogen-bond donors (Lipinski definition) is 0. The van der Waals surface area contributed by atoms with Crippen molar-refractivity contribution in [3.05, 3.63) is 52.8 Å². The first-order valence-corrected chi connectivity index (χ1v) is 14.1. The summed E-state index contributed by atoms with van der Waals surface area (Å²) in [5, 5.41) is 10.2. The first-order chi connectivity index (χ1) is 18.2. The first-order valence-electron chi connectivity index (χ1n) is 12.8. The van der Waals surface area contributed by atoms with Crippen molar-refractivity contribution in [3.8, 4) is 6.07 Å². The quantitative estimate of drug-likeness (QED) is 0.311. The third-order valence-corrected chi connectivity index (χ3v) is 7.24. The van der Waals surface area contributed by atoms with Crippen molar-refractivity contribution in [2.24, 2.45) is 0 Å². The second-order valence-corrected chi connectivity index (χ2v) is 11.2. The highest BCUT2D eigenvalue weighted by Gasteiger charge is 2.37. The molecule has 1 aromatic heterocycles. The van der Waals surface area contributed by atoms with Crippen LogP contribution in [0.4, 0.5) is 10.6 Å². The van der Waals surface area contributed by atoms with Gasteiger partial charge in [0.15, 0.2) is 5.16 Å². The molecule has 9 nitrogen and oxygen atoms in total. The van der Waals surface area contributed by atoms with Gasteiger partial charge in [0.1, 0.15) is 23.1 Å². The summed E-state index contributed by atoms with van der Waals surface area (Å²) in [5.41, 5.74) is 2.73. The Hall–Kier alpha value is -3.38. The van der Waals surface area contributed by atoms with Gasteiger partial charge in [-0.2, -0.15) is 5.26 Å². The van der Waals surface area contributed by atoms with Crippen LogP contribution < -0.4 is 4.90 Å². The van der Waals surface area contributed by atoms with Gasteiger partial charge in [-0.25, -0.2) is 19.6 Å². The number of hydrogen-bond acceptors (Lipinski definition) is 9. The van der Waals surface area contributed by atoms with Gasteiger partial charge in [0.2, 0.25) is 0 Å². The molecule has 1 amide bonds. The summed E-state index contributed by atoms with van der Waals surface area (Å²) < 4.78 is 5.57. The minimum atomic E-state index is -0.585. The van der Waals surface area contributed by atoms with Crippen molar-refractivity contribution < 1.29 is 14.3 Å². The monoisotopic (exact) mass is 534 g/mol. The normalized spacial score (nSPS) is 18.0. The lowest BCUT2D eigenvalue weighted by atomic mass is 10.0. The number of aromatic nitrogens is 2. The van der Waals surface area contributed by atoms with Gasteiger partial charge in [-0.1, -0.05) is 42.1 Å². The SMILES string of the molecule is CSc1nc2c(c(N3CCN(CCc4ccccc4)[C@@H](CC#N)C3=C=O)n1)CCN(C(=O)OC(C)(C)C)C2. The van der Waals surface area contributed by atoms with Crippen molar-refractivity contribution in [1.82, 2.24) is 19.8 Å². The molecular weight excluding hydrogens is 500 g/mol. The topological polar surface area (TPSA) is 103 Å². The number of nitrogens with zero attached hydrogens (tertiary/aromatic N) is 6. The molecule has 0 saturated carbocycles. The minimum Gasteiger partial charge on any atom is -0.444 e. The molecule has 3 heterocycles. The maximum Gasteiger partial charge on any atom is 0.410 e. The summed E-state index contributed by atoms with van der Waals surface area (Å²) in [6, 6.07) is 12.1. The summed E-state index contributed by atoms with van der Waals surface area (Å²) in [4.78, 5) is 40.4. The predicted octanol–water partition coefficient (Wildman–Crippen LogP) is 3.85. The van der Waals surface area contributed by atoms with Crippen LogP contribution >= 0.6 is 11.8 Å². The molecule has 2 aliphatic rings. The molecule has 0 N–H and O–H groups in total.